The zero-order valence-corrected chi connectivity index (χ0v) is 61.1. The summed E-state index contributed by atoms with van der Waals surface area (Å²) in [5.41, 5.74) is 0. The van der Waals surface area contributed by atoms with E-state index in [0.717, 1.165) is 108 Å². The second kappa shape index (κ2) is 62.8. The summed E-state index contributed by atoms with van der Waals surface area (Å²) in [6.45, 7) is 11.8. The molecule has 0 aromatic carbocycles. The molecular weight excluding hydrogens is 1200 g/mol. The van der Waals surface area contributed by atoms with Gasteiger partial charge in [-0.05, 0) is 43.4 Å². The zero-order chi connectivity index (χ0) is 67.3. The van der Waals surface area contributed by atoms with Gasteiger partial charge in [-0.15, -0.1) is 0 Å². The van der Waals surface area contributed by atoms with Crippen molar-refractivity contribution in [3.63, 3.8) is 0 Å². The number of esters is 4. The van der Waals surface area contributed by atoms with Crippen molar-refractivity contribution in [3.05, 3.63) is 0 Å². The molecule has 0 aliphatic heterocycles. The first kappa shape index (κ1) is 89.1. The van der Waals surface area contributed by atoms with E-state index in [-0.39, 0.29) is 25.7 Å². The molecule has 0 fully saturated rings. The lowest BCUT2D eigenvalue weighted by Crippen LogP contribution is -2.30. The van der Waals surface area contributed by atoms with Crippen molar-refractivity contribution in [2.75, 3.05) is 39.6 Å². The van der Waals surface area contributed by atoms with Crippen molar-refractivity contribution < 1.29 is 80.2 Å². The molecule has 0 aliphatic carbocycles. The first-order valence-electron chi connectivity index (χ1n) is 37.4. The molecule has 17 nitrogen and oxygen atoms in total. The number of phosphoric acid groups is 2. The van der Waals surface area contributed by atoms with Gasteiger partial charge in [0.05, 0.1) is 26.4 Å². The van der Waals surface area contributed by atoms with Gasteiger partial charge in [0.15, 0.2) is 12.2 Å². The van der Waals surface area contributed by atoms with E-state index in [1.54, 1.807) is 0 Å². The van der Waals surface area contributed by atoms with Crippen LogP contribution in [0.1, 0.15) is 363 Å². The fraction of sp³-hybridized carbons (Fsp3) is 0.944. The molecule has 0 aromatic rings. The first-order chi connectivity index (χ1) is 43.8. The average Bonchev–Trinajstić information content (AvgIpc) is 3.48. The minimum absolute atomic E-state index is 0.104. The second-order valence-electron chi connectivity index (χ2n) is 27.2. The topological polar surface area (TPSA) is 237 Å². The number of unbranched alkanes of at least 4 members (excludes halogenated alkanes) is 37. The third kappa shape index (κ3) is 65.1. The predicted octanol–water partition coefficient (Wildman–Crippen LogP) is 20.6. The Hall–Kier alpha value is -1.94. The smallest absolute Gasteiger partial charge is 0.462 e. The molecule has 91 heavy (non-hydrogen) atoms. The van der Waals surface area contributed by atoms with E-state index < -0.39 is 97.5 Å². The highest BCUT2D eigenvalue weighted by Gasteiger charge is 2.30. The maximum absolute atomic E-state index is 13.0. The summed E-state index contributed by atoms with van der Waals surface area (Å²) in [7, 11) is -9.91. The number of hydrogen-bond donors (Lipinski definition) is 3. The molecule has 0 rings (SSSR count). The number of aliphatic hydroxyl groups is 1. The van der Waals surface area contributed by atoms with Gasteiger partial charge in [0, 0.05) is 25.7 Å². The van der Waals surface area contributed by atoms with Gasteiger partial charge in [-0.1, -0.05) is 312 Å². The van der Waals surface area contributed by atoms with Crippen LogP contribution in [0.4, 0.5) is 0 Å². The van der Waals surface area contributed by atoms with Crippen LogP contribution >= 0.6 is 15.6 Å². The van der Waals surface area contributed by atoms with Crippen molar-refractivity contribution >= 4 is 39.5 Å². The average molecular weight is 1340 g/mol. The Morgan fingerprint density at radius 1 is 0.319 bits per heavy atom. The molecule has 19 heteroatoms. The molecule has 6 atom stereocenters. The van der Waals surface area contributed by atoms with E-state index in [9.17, 15) is 43.2 Å². The quantitative estimate of drug-likeness (QED) is 0.0222. The Bertz CT molecular complexity index is 1790. The standard InChI is InChI=1S/C72H140O17P2/c1-8-10-11-12-13-14-15-16-17-18-19-26-33-41-48-55-71(76)88-67(59-82-69(74)53-46-39-32-25-21-20-24-31-38-45-52-65(7)9-2)61-86-90(78,79)84-57-66(73)58-85-91(80,81)87-62-68(60-83-70(75)54-47-40-35-28-30-37-44-51-64(5)6)89-72(77)56-49-42-34-27-22-23-29-36-43-50-63(3)4/h63-68,73H,8-62H2,1-7H3,(H,78,79)(H,80,81)/t65?,66-,67-,68-/m1/s1. The van der Waals surface area contributed by atoms with Crippen molar-refractivity contribution in [1.29, 1.82) is 0 Å². The maximum Gasteiger partial charge on any atom is 0.472 e. The number of phosphoric ester groups is 2. The normalized spacial score (nSPS) is 14.5. The third-order valence-electron chi connectivity index (χ3n) is 17.0. The number of carbonyl (C=O) groups excluding carboxylic acids is 4. The number of carbonyl (C=O) groups is 4. The summed E-state index contributed by atoms with van der Waals surface area (Å²) in [4.78, 5) is 72.6. The van der Waals surface area contributed by atoms with Gasteiger partial charge in [-0.3, -0.25) is 37.3 Å². The van der Waals surface area contributed by atoms with E-state index in [2.05, 4.69) is 48.5 Å². The van der Waals surface area contributed by atoms with E-state index in [0.29, 0.717) is 31.6 Å². The Labute approximate surface area is 556 Å². The van der Waals surface area contributed by atoms with Gasteiger partial charge >= 0.3 is 39.5 Å². The minimum Gasteiger partial charge on any atom is -0.462 e. The summed E-state index contributed by atoms with van der Waals surface area (Å²) in [6.07, 6.45) is 47.1. The van der Waals surface area contributed by atoms with Crippen LogP contribution in [0, 0.1) is 17.8 Å². The molecule has 3 unspecified atom stereocenters. The number of aliphatic hydroxyl groups excluding tert-OH is 1. The van der Waals surface area contributed by atoms with Crippen LogP contribution in [0.25, 0.3) is 0 Å². The Balaban J connectivity index is 5.26. The third-order valence-corrected chi connectivity index (χ3v) is 18.9. The minimum atomic E-state index is -4.95. The Morgan fingerprint density at radius 2 is 0.560 bits per heavy atom. The van der Waals surface area contributed by atoms with Gasteiger partial charge in [0.25, 0.3) is 0 Å². The molecule has 0 bridgehead atoms. The largest absolute Gasteiger partial charge is 0.472 e. The summed E-state index contributed by atoms with van der Waals surface area (Å²) in [5, 5.41) is 10.6. The maximum atomic E-state index is 13.0. The molecule has 0 aliphatic rings. The molecular formula is C72H140O17P2. The molecule has 0 spiro atoms. The summed E-state index contributed by atoms with van der Waals surface area (Å²) < 4.78 is 68.4. The Morgan fingerprint density at radius 3 is 0.835 bits per heavy atom. The van der Waals surface area contributed by atoms with Crippen LogP contribution in [0.3, 0.4) is 0 Å². The van der Waals surface area contributed by atoms with Crippen LogP contribution in [0.2, 0.25) is 0 Å². The molecule has 0 saturated heterocycles. The number of ether oxygens (including phenoxy) is 4. The van der Waals surface area contributed by atoms with Gasteiger partial charge in [0.2, 0.25) is 0 Å². The Kier molecular flexibility index (Phi) is 61.5. The van der Waals surface area contributed by atoms with Crippen LogP contribution in [0.5, 0.6) is 0 Å². The molecule has 0 amide bonds. The summed E-state index contributed by atoms with van der Waals surface area (Å²) in [5.74, 6) is 0.127. The lowest BCUT2D eigenvalue weighted by atomic mass is 9.99. The highest BCUT2D eigenvalue weighted by molar-refractivity contribution is 7.47. The second-order valence-corrected chi connectivity index (χ2v) is 30.1. The van der Waals surface area contributed by atoms with Gasteiger partial charge < -0.3 is 33.8 Å². The van der Waals surface area contributed by atoms with Crippen LogP contribution < -0.4 is 0 Å². The van der Waals surface area contributed by atoms with E-state index >= 15 is 0 Å². The number of hydrogen-bond acceptors (Lipinski definition) is 15. The van der Waals surface area contributed by atoms with Crippen LogP contribution in [0.15, 0.2) is 0 Å². The van der Waals surface area contributed by atoms with Crippen LogP contribution in [-0.4, -0.2) is 96.7 Å². The highest BCUT2D eigenvalue weighted by Crippen LogP contribution is 2.45. The predicted molar refractivity (Wildman–Crippen MR) is 368 cm³/mol. The van der Waals surface area contributed by atoms with E-state index in [1.165, 1.54) is 167 Å². The fourth-order valence-electron chi connectivity index (χ4n) is 10.9. The summed E-state index contributed by atoms with van der Waals surface area (Å²) >= 11 is 0. The lowest BCUT2D eigenvalue weighted by molar-refractivity contribution is -0.161. The summed E-state index contributed by atoms with van der Waals surface area (Å²) in [6, 6.07) is 0. The van der Waals surface area contributed by atoms with Crippen molar-refractivity contribution in [1.82, 2.24) is 0 Å². The van der Waals surface area contributed by atoms with E-state index in [4.69, 9.17) is 37.0 Å². The van der Waals surface area contributed by atoms with Crippen molar-refractivity contribution in [2.45, 2.75) is 381 Å². The molecule has 3 N–H and O–H groups in total. The first-order valence-corrected chi connectivity index (χ1v) is 40.4. The highest BCUT2D eigenvalue weighted by atomic mass is 31.2. The van der Waals surface area contributed by atoms with E-state index in [1.807, 2.05) is 0 Å². The van der Waals surface area contributed by atoms with Gasteiger partial charge in [-0.25, -0.2) is 9.13 Å². The lowest BCUT2D eigenvalue weighted by Gasteiger charge is -2.21. The van der Waals surface area contributed by atoms with Gasteiger partial charge in [-0.2, -0.15) is 0 Å². The van der Waals surface area contributed by atoms with Gasteiger partial charge in [0.1, 0.15) is 19.3 Å². The van der Waals surface area contributed by atoms with Crippen molar-refractivity contribution in [2.24, 2.45) is 17.8 Å². The monoisotopic (exact) mass is 1340 g/mol. The van der Waals surface area contributed by atoms with Crippen molar-refractivity contribution in [3.8, 4) is 0 Å². The molecule has 0 radical (unpaired) electrons. The molecule has 540 valence electrons. The number of rotatable bonds is 70. The van der Waals surface area contributed by atoms with Crippen LogP contribution in [-0.2, 0) is 65.4 Å². The SMILES string of the molecule is CCCCCCCCCCCCCCCCCC(=O)O[C@H](COC(=O)CCCCCCCCCCCCC(C)CC)COP(=O)(O)OC[C@@H](O)COP(=O)(O)OC[C@@H](COC(=O)CCCCCCCCCC(C)C)OC(=O)CCCCCCCCCCCC(C)C. The zero-order valence-electron chi connectivity index (χ0n) is 59.3. The molecule has 0 saturated carbocycles. The molecule has 0 aromatic heterocycles. The molecule has 0 heterocycles. The fourth-order valence-corrected chi connectivity index (χ4v) is 12.4.